The van der Waals surface area contributed by atoms with E-state index < -0.39 is 76.1 Å². The number of ether oxygens (including phenoxy) is 16. The maximum absolute atomic E-state index is 10.9. The quantitative estimate of drug-likeness (QED) is 0.0138. The number of nitrogens with two attached hydrogens (primary N) is 1. The number of hydrogen-bond acceptors (Lipinski definition) is 35. The van der Waals surface area contributed by atoms with Crippen LogP contribution in [0.3, 0.4) is 0 Å². The van der Waals surface area contributed by atoms with Gasteiger partial charge in [0.05, 0.1) is 104 Å². The number of hydrogen-bond donors (Lipinski definition) is 7. The molecule has 0 bridgehead atoms. The first-order chi connectivity index (χ1) is 53.9. The molecule has 114 heavy (non-hydrogen) atoms. The highest BCUT2D eigenvalue weighted by Crippen LogP contribution is 2.46. The minimum atomic E-state index is -3.38. The Labute approximate surface area is 673 Å². The van der Waals surface area contributed by atoms with E-state index in [1.54, 1.807) is 54.9 Å². The highest BCUT2D eigenvalue weighted by molar-refractivity contribution is 7.86. The van der Waals surface area contributed by atoms with Gasteiger partial charge in [0.15, 0.2) is 82.0 Å². The molecular weight excluding hydrogens is 1620 g/mol. The average molecular weight is 1710 g/mol. The number of rotatable bonds is 18. The highest BCUT2D eigenvalue weighted by Gasteiger charge is 2.37. The number of phenols is 3. The molecule has 0 saturated carbocycles. The normalized spacial score (nSPS) is 19.3. The summed E-state index contributed by atoms with van der Waals surface area (Å²) < 4.78 is 112. The number of nitrogens with one attached hydrogen (secondary N) is 1. The van der Waals surface area contributed by atoms with Crippen LogP contribution < -0.4 is 58.6 Å². The number of nitrogens with zero attached hydrogens (tertiary/aromatic N) is 5. The number of fused-ring (bicyclic) bond motifs is 4. The third kappa shape index (κ3) is 29.3. The molecule has 0 unspecified atom stereocenters. The molecule has 6 aromatic carbocycles. The van der Waals surface area contributed by atoms with Crippen molar-refractivity contribution in [3.8, 4) is 69.0 Å². The Morgan fingerprint density at radius 2 is 0.921 bits per heavy atom. The number of benzene rings is 6. The van der Waals surface area contributed by atoms with Gasteiger partial charge in [0, 0.05) is 103 Å². The van der Waals surface area contributed by atoms with Gasteiger partial charge >= 0.3 is 22.7 Å². The van der Waals surface area contributed by atoms with E-state index in [0.29, 0.717) is 63.4 Å². The molecule has 39 nitrogen and oxygen atoms in total. The second-order valence-corrected chi connectivity index (χ2v) is 28.8. The Balaban J connectivity index is 0.000000207. The minimum Gasteiger partial charge on any atom is -0.504 e. The van der Waals surface area contributed by atoms with Gasteiger partial charge in [-0.15, -0.1) is 0 Å². The van der Waals surface area contributed by atoms with E-state index in [0.717, 1.165) is 67.8 Å². The van der Waals surface area contributed by atoms with Crippen LogP contribution in [0.1, 0.15) is 34.6 Å². The Kier molecular flexibility index (Phi) is 36.6. The van der Waals surface area contributed by atoms with Crippen LogP contribution in [-0.4, -0.2) is 241 Å². The number of para-hydroxylation sites is 2. The van der Waals surface area contributed by atoms with Crippen molar-refractivity contribution in [3.63, 3.8) is 0 Å². The number of anilines is 2. The number of phenolic OH excluding ortho intramolecular Hbond substituents is 3. The molecular formula is C70H89Cl4N7O32S. The summed E-state index contributed by atoms with van der Waals surface area (Å²) >= 11 is 22.6. The van der Waals surface area contributed by atoms with Gasteiger partial charge in [0.1, 0.15) is 45.2 Å². The maximum atomic E-state index is 10.9. The number of nitro benzene ring substituents is 4. The van der Waals surface area contributed by atoms with E-state index in [1.807, 2.05) is 24.3 Å². The smallest absolute Gasteiger partial charge is 0.316 e. The van der Waals surface area contributed by atoms with Gasteiger partial charge in [-0.2, -0.15) is 8.42 Å². The standard InChI is InChI=1S/C14H20N2O3.C12H14ClNO6.C10H10ClNO5.C10H13NO3.C9H8ClNO5.C7H14O5S.C6H4ClNO4.C2H6O/c1-17-9-11-10-18-13-4-2-3-12(14(13)19-11)16-7-5-15-6-8-16;1-12(2)19-6-8(20-12)5-18-10-4-7(13)3-9(11(10)15)14(16)17;1-15-4-7-5-16-9-3-6(11)2-8(12(13)14)10(9)17-7;1-12-5-7-6-13-9-4-2-3-8(11)10(9)14-7;10-5-1-7(11(13)14)9-8(2-5)15-4-6(3-12)16-9;1-7(2)10-4-6(12-7)5-11-13(3,8)9;7-3-1-4(8(11)12)6(10)5(9)2-3;1-2-3/h2-4,11,15H,5-10H2,1H3;3-4,8,15H,5-6H2,1-2H3;2-3,7H,4-5H2,1H3;2-4,7H,5-6,11H2,1H3;1-2,6,12H,3-4H2;6H,4-5H2,1-3H3;1-2,9-10H;3H,2H2,1H3/t11-;8-;2*7-;2*6-;;/m101111../s1. The third-order valence-electron chi connectivity index (χ3n) is 15.4. The largest absolute Gasteiger partial charge is 0.504 e. The molecule has 0 aliphatic carbocycles. The summed E-state index contributed by atoms with van der Waals surface area (Å²) in [5, 5.41) is 90.6. The molecule has 7 aliphatic rings. The van der Waals surface area contributed by atoms with Crippen molar-refractivity contribution in [2.45, 2.75) is 82.8 Å². The fourth-order valence-electron chi connectivity index (χ4n) is 10.5. The van der Waals surface area contributed by atoms with Crippen LogP contribution in [0.25, 0.3) is 0 Å². The molecule has 8 N–H and O–H groups in total. The van der Waals surface area contributed by atoms with Crippen LogP contribution in [0.2, 0.25) is 20.1 Å². The summed E-state index contributed by atoms with van der Waals surface area (Å²) in [7, 11) is 1.45. The van der Waals surface area contributed by atoms with E-state index in [9.17, 15) is 54.0 Å². The Morgan fingerprint density at radius 3 is 1.37 bits per heavy atom. The lowest BCUT2D eigenvalue weighted by atomic mass is 10.2. The van der Waals surface area contributed by atoms with E-state index in [1.165, 1.54) is 37.4 Å². The van der Waals surface area contributed by atoms with Gasteiger partial charge in [-0.25, -0.2) is 0 Å². The topological polar surface area (TPSA) is 506 Å². The van der Waals surface area contributed by atoms with Gasteiger partial charge < -0.3 is 117 Å². The lowest BCUT2D eigenvalue weighted by molar-refractivity contribution is -0.386. The molecule has 3 saturated heterocycles. The summed E-state index contributed by atoms with van der Waals surface area (Å²) in [6.07, 6.45) is -0.654. The fourth-order valence-corrected chi connectivity index (χ4v) is 11.7. The van der Waals surface area contributed by atoms with Crippen molar-refractivity contribution < 1.29 is 134 Å². The Bertz CT molecular complexity index is 4310. The van der Waals surface area contributed by atoms with Crippen LogP contribution in [0.4, 0.5) is 34.1 Å². The predicted octanol–water partition coefficient (Wildman–Crippen LogP) is 9.61. The van der Waals surface area contributed by atoms with Gasteiger partial charge in [-0.1, -0.05) is 58.5 Å². The molecule has 13 rings (SSSR count). The number of aromatic hydroxyl groups is 3. The number of piperazine rings is 1. The summed E-state index contributed by atoms with van der Waals surface area (Å²) in [4.78, 5) is 42.2. The second-order valence-electron chi connectivity index (χ2n) is 25.4. The van der Waals surface area contributed by atoms with Crippen molar-refractivity contribution in [2.75, 3.05) is 150 Å². The van der Waals surface area contributed by atoms with Crippen LogP contribution in [0.5, 0.6) is 69.0 Å². The molecule has 44 heteroatoms. The monoisotopic (exact) mass is 1710 g/mol. The highest BCUT2D eigenvalue weighted by atomic mass is 35.5. The predicted molar refractivity (Wildman–Crippen MR) is 411 cm³/mol. The first-order valence-electron chi connectivity index (χ1n) is 34.4. The molecule has 0 spiro atoms. The summed E-state index contributed by atoms with van der Waals surface area (Å²) in [5.41, 5.74) is 5.90. The zero-order valence-electron chi connectivity index (χ0n) is 63.1. The molecule has 0 radical (unpaired) electrons. The first-order valence-corrected chi connectivity index (χ1v) is 37.7. The molecule has 6 aromatic rings. The number of halogens is 4. The van der Waals surface area contributed by atoms with E-state index in [4.69, 9.17) is 148 Å². The second kappa shape index (κ2) is 44.6. The molecule has 7 heterocycles. The fraction of sp³-hybridized carbons (Fsp3) is 0.486. The van der Waals surface area contributed by atoms with Crippen molar-refractivity contribution in [1.29, 1.82) is 0 Å². The summed E-state index contributed by atoms with van der Waals surface area (Å²) in [5.74, 6) is 0.350. The van der Waals surface area contributed by atoms with Crippen LogP contribution in [0, 0.1) is 40.5 Å². The first kappa shape index (κ1) is 93.6. The van der Waals surface area contributed by atoms with Gasteiger partial charge in [0.2, 0.25) is 23.0 Å². The Hall–Kier alpha value is -9.21. The van der Waals surface area contributed by atoms with Crippen molar-refractivity contribution in [1.82, 2.24) is 5.32 Å². The minimum absolute atomic E-state index is 0.00278. The van der Waals surface area contributed by atoms with Crippen molar-refractivity contribution in [2.24, 2.45) is 0 Å². The molecule has 0 amide bonds. The molecule has 3 fully saturated rings. The van der Waals surface area contributed by atoms with Crippen LogP contribution in [0.15, 0.2) is 84.9 Å². The average Bonchev–Trinajstić information content (AvgIpc) is 0.807. The lowest BCUT2D eigenvalue weighted by Crippen LogP contribution is -2.44. The number of nitrogen functional groups attached to an aromatic ring is 1. The molecule has 0 aromatic heterocycles. The Morgan fingerprint density at radius 1 is 0.526 bits per heavy atom. The molecule has 7 aliphatic heterocycles. The van der Waals surface area contributed by atoms with Gasteiger partial charge in [0.25, 0.3) is 10.1 Å². The zero-order valence-corrected chi connectivity index (χ0v) is 66.9. The number of aliphatic hydroxyl groups is 2. The lowest BCUT2D eigenvalue weighted by Gasteiger charge is -2.34. The van der Waals surface area contributed by atoms with E-state index >= 15 is 0 Å². The van der Waals surface area contributed by atoms with Crippen LogP contribution in [-0.2, 0) is 47.5 Å². The van der Waals surface area contributed by atoms with Crippen molar-refractivity contribution >= 4 is 90.6 Å². The SMILES string of the molecule is CC1(C)OC[C@H](COS(C)(=O)=O)O1.CC1(C)OC[C@H](COc2cc(Cl)cc([N+](=O)[O-])c2O)O1.CCO.COC[C@@H]1COc2cc(Cl)cc([N+](=O)[O-])c2O1.COC[C@@H]1COc2cccc(N)c2O1.COC[C@@H]1COc2cccc(N3CCNCC3)c2O1.O=[N+]([O-])c1cc(Cl)cc(O)c1O.O=[N+]([O-])c1cc(Cl)cc2c1O[C@H](CO)CO2. The van der Waals surface area contributed by atoms with Gasteiger partial charge in [-0.3, -0.25) is 44.6 Å². The zero-order chi connectivity index (χ0) is 84.2. The van der Waals surface area contributed by atoms with E-state index in [2.05, 4.69) is 20.5 Å². The van der Waals surface area contributed by atoms with Gasteiger partial charge in [-0.05, 0) is 58.9 Å². The summed E-state index contributed by atoms with van der Waals surface area (Å²) in [6, 6.07) is 21.3. The number of nitro groups is 4. The molecule has 630 valence electrons. The third-order valence-corrected chi connectivity index (χ3v) is 16.8. The maximum Gasteiger partial charge on any atom is 0.316 e. The van der Waals surface area contributed by atoms with Crippen LogP contribution >= 0.6 is 46.4 Å². The van der Waals surface area contributed by atoms with E-state index in [-0.39, 0.29) is 130 Å². The number of methoxy groups -OCH3 is 3. The molecule has 6 atom stereocenters. The summed E-state index contributed by atoms with van der Waals surface area (Å²) in [6.45, 7) is 16.4. The number of aliphatic hydroxyl groups excluding tert-OH is 2. The van der Waals surface area contributed by atoms with Crippen molar-refractivity contribution in [3.05, 3.63) is 145 Å².